The molecule has 0 spiro atoms. The molecule has 1 rings (SSSR count). The SMILES string of the molecule is CCC(NCCc1ccc(F)cc1)C(=O)OC. The summed E-state index contributed by atoms with van der Waals surface area (Å²) >= 11 is 0. The fourth-order valence-electron chi connectivity index (χ4n) is 1.58. The number of methoxy groups -OCH3 is 1. The Morgan fingerprint density at radius 3 is 2.59 bits per heavy atom. The fourth-order valence-corrected chi connectivity index (χ4v) is 1.58. The Kier molecular flexibility index (Phi) is 5.63. The number of hydrogen-bond acceptors (Lipinski definition) is 3. The van der Waals surface area contributed by atoms with E-state index < -0.39 is 0 Å². The average molecular weight is 239 g/mol. The first kappa shape index (κ1) is 13.6. The van der Waals surface area contributed by atoms with E-state index in [0.717, 1.165) is 12.0 Å². The molecule has 1 N–H and O–H groups in total. The molecule has 0 aliphatic rings. The Morgan fingerprint density at radius 1 is 1.41 bits per heavy atom. The van der Waals surface area contributed by atoms with Gasteiger partial charge in [0.25, 0.3) is 0 Å². The van der Waals surface area contributed by atoms with Crippen LogP contribution in [0.4, 0.5) is 4.39 Å². The van der Waals surface area contributed by atoms with Crippen LogP contribution in [0.1, 0.15) is 18.9 Å². The number of benzene rings is 1. The van der Waals surface area contributed by atoms with Crippen LogP contribution in [-0.2, 0) is 16.0 Å². The Bertz CT molecular complexity index is 351. The van der Waals surface area contributed by atoms with Crippen molar-refractivity contribution in [2.24, 2.45) is 0 Å². The van der Waals surface area contributed by atoms with Gasteiger partial charge < -0.3 is 10.1 Å². The Hall–Kier alpha value is -1.42. The van der Waals surface area contributed by atoms with E-state index in [1.165, 1.54) is 19.2 Å². The van der Waals surface area contributed by atoms with Gasteiger partial charge in [0.15, 0.2) is 0 Å². The topological polar surface area (TPSA) is 38.3 Å². The van der Waals surface area contributed by atoms with Gasteiger partial charge in [0.05, 0.1) is 7.11 Å². The minimum atomic E-state index is -0.263. The van der Waals surface area contributed by atoms with Crippen LogP contribution in [0.5, 0.6) is 0 Å². The second-order valence-electron chi connectivity index (χ2n) is 3.81. The average Bonchev–Trinajstić information content (AvgIpc) is 2.36. The van der Waals surface area contributed by atoms with Crippen molar-refractivity contribution in [3.63, 3.8) is 0 Å². The lowest BCUT2D eigenvalue weighted by Crippen LogP contribution is -2.38. The molecule has 0 aromatic heterocycles. The van der Waals surface area contributed by atoms with E-state index in [4.69, 9.17) is 0 Å². The molecule has 1 atom stereocenters. The monoisotopic (exact) mass is 239 g/mol. The van der Waals surface area contributed by atoms with E-state index >= 15 is 0 Å². The first-order valence-electron chi connectivity index (χ1n) is 5.73. The van der Waals surface area contributed by atoms with Crippen molar-refractivity contribution in [3.05, 3.63) is 35.6 Å². The van der Waals surface area contributed by atoms with Gasteiger partial charge >= 0.3 is 5.97 Å². The standard InChI is InChI=1S/C13H18FNO2/c1-3-12(13(16)17-2)15-9-8-10-4-6-11(14)7-5-10/h4-7,12,15H,3,8-9H2,1-2H3. The predicted molar refractivity (Wildman–Crippen MR) is 64.2 cm³/mol. The van der Waals surface area contributed by atoms with Crippen molar-refractivity contribution in [3.8, 4) is 0 Å². The maximum atomic E-state index is 12.7. The summed E-state index contributed by atoms with van der Waals surface area (Å²) in [6.07, 6.45) is 1.45. The maximum Gasteiger partial charge on any atom is 0.322 e. The zero-order valence-corrected chi connectivity index (χ0v) is 10.2. The van der Waals surface area contributed by atoms with E-state index in [2.05, 4.69) is 10.1 Å². The number of carbonyl (C=O) groups excluding carboxylic acids is 1. The van der Waals surface area contributed by atoms with Gasteiger partial charge in [-0.3, -0.25) is 4.79 Å². The van der Waals surface area contributed by atoms with Gasteiger partial charge in [-0.15, -0.1) is 0 Å². The number of halogens is 1. The predicted octanol–water partition coefficient (Wildman–Crippen LogP) is 1.91. The summed E-state index contributed by atoms with van der Waals surface area (Å²) in [7, 11) is 1.38. The lowest BCUT2D eigenvalue weighted by Gasteiger charge is -2.14. The normalized spacial score (nSPS) is 12.2. The maximum absolute atomic E-state index is 12.7. The Labute approximate surface area is 101 Å². The number of carbonyl (C=O) groups is 1. The smallest absolute Gasteiger partial charge is 0.322 e. The van der Waals surface area contributed by atoms with Crippen LogP contribution >= 0.6 is 0 Å². The number of ether oxygens (including phenoxy) is 1. The van der Waals surface area contributed by atoms with Gasteiger partial charge in [0.1, 0.15) is 11.9 Å². The van der Waals surface area contributed by atoms with Crippen LogP contribution in [0, 0.1) is 5.82 Å². The van der Waals surface area contributed by atoms with Crippen molar-refractivity contribution in [1.82, 2.24) is 5.32 Å². The third-order valence-corrected chi connectivity index (χ3v) is 2.61. The van der Waals surface area contributed by atoms with E-state index in [9.17, 15) is 9.18 Å². The molecule has 17 heavy (non-hydrogen) atoms. The van der Waals surface area contributed by atoms with Crippen molar-refractivity contribution in [2.45, 2.75) is 25.8 Å². The minimum Gasteiger partial charge on any atom is -0.468 e. The third-order valence-electron chi connectivity index (χ3n) is 2.61. The molecule has 0 aliphatic heterocycles. The quantitative estimate of drug-likeness (QED) is 0.771. The van der Waals surface area contributed by atoms with Crippen LogP contribution in [0.2, 0.25) is 0 Å². The van der Waals surface area contributed by atoms with E-state index in [-0.39, 0.29) is 17.8 Å². The van der Waals surface area contributed by atoms with Crippen LogP contribution in [0.25, 0.3) is 0 Å². The molecule has 0 fully saturated rings. The molecule has 0 radical (unpaired) electrons. The molecule has 0 aliphatic carbocycles. The summed E-state index contributed by atoms with van der Waals surface area (Å²) in [6, 6.07) is 6.10. The molecule has 4 heteroatoms. The molecular weight excluding hydrogens is 221 g/mol. The van der Waals surface area contributed by atoms with E-state index in [0.29, 0.717) is 13.0 Å². The number of nitrogens with one attached hydrogen (secondary N) is 1. The van der Waals surface area contributed by atoms with Crippen LogP contribution in [0.3, 0.4) is 0 Å². The van der Waals surface area contributed by atoms with Crippen LogP contribution < -0.4 is 5.32 Å². The van der Waals surface area contributed by atoms with E-state index in [1.807, 2.05) is 6.92 Å². The second-order valence-corrected chi connectivity index (χ2v) is 3.81. The van der Waals surface area contributed by atoms with Crippen molar-refractivity contribution in [1.29, 1.82) is 0 Å². The van der Waals surface area contributed by atoms with Gasteiger partial charge in [-0.05, 0) is 37.1 Å². The third kappa shape index (κ3) is 4.53. The summed E-state index contributed by atoms with van der Waals surface area (Å²) in [6.45, 7) is 2.59. The molecule has 0 heterocycles. The molecule has 1 unspecified atom stereocenters. The van der Waals surface area contributed by atoms with Crippen molar-refractivity contribution < 1.29 is 13.9 Å². The lowest BCUT2D eigenvalue weighted by molar-refractivity contribution is -0.143. The molecule has 0 saturated carbocycles. The molecule has 3 nitrogen and oxygen atoms in total. The largest absolute Gasteiger partial charge is 0.468 e. The summed E-state index contributed by atoms with van der Waals surface area (Å²) in [4.78, 5) is 11.3. The van der Waals surface area contributed by atoms with Crippen molar-refractivity contribution in [2.75, 3.05) is 13.7 Å². The van der Waals surface area contributed by atoms with Gasteiger partial charge in [0, 0.05) is 0 Å². The molecule has 1 aromatic rings. The van der Waals surface area contributed by atoms with Crippen LogP contribution in [-0.4, -0.2) is 25.7 Å². The van der Waals surface area contributed by atoms with Gasteiger partial charge in [0.2, 0.25) is 0 Å². The lowest BCUT2D eigenvalue weighted by atomic mass is 10.1. The highest BCUT2D eigenvalue weighted by atomic mass is 19.1. The number of hydrogen-bond donors (Lipinski definition) is 1. The number of esters is 1. The first-order valence-corrected chi connectivity index (χ1v) is 5.73. The second kappa shape index (κ2) is 7.01. The van der Waals surface area contributed by atoms with Gasteiger partial charge in [-0.25, -0.2) is 4.39 Å². The molecule has 0 bridgehead atoms. The summed E-state index contributed by atoms with van der Waals surface area (Å²) in [5.74, 6) is -0.477. The fraction of sp³-hybridized carbons (Fsp3) is 0.462. The highest BCUT2D eigenvalue weighted by Gasteiger charge is 2.15. The van der Waals surface area contributed by atoms with Gasteiger partial charge in [-0.2, -0.15) is 0 Å². The van der Waals surface area contributed by atoms with Crippen LogP contribution in [0.15, 0.2) is 24.3 Å². The number of rotatable bonds is 6. The first-order chi connectivity index (χ1) is 8.17. The molecule has 94 valence electrons. The highest BCUT2D eigenvalue weighted by molar-refractivity contribution is 5.75. The van der Waals surface area contributed by atoms with Gasteiger partial charge in [-0.1, -0.05) is 19.1 Å². The molecular formula is C13H18FNO2. The summed E-state index contributed by atoms with van der Waals surface area (Å²) < 4.78 is 17.3. The molecule has 0 saturated heterocycles. The Morgan fingerprint density at radius 2 is 2.06 bits per heavy atom. The minimum absolute atomic E-state index is 0.234. The summed E-state index contributed by atoms with van der Waals surface area (Å²) in [5.41, 5.74) is 1.04. The van der Waals surface area contributed by atoms with Crippen molar-refractivity contribution >= 4 is 5.97 Å². The highest BCUT2D eigenvalue weighted by Crippen LogP contribution is 2.03. The summed E-state index contributed by atoms with van der Waals surface area (Å²) in [5, 5.41) is 3.11. The molecule has 1 aromatic carbocycles. The molecule has 0 amide bonds. The van der Waals surface area contributed by atoms with E-state index in [1.54, 1.807) is 12.1 Å². The zero-order chi connectivity index (χ0) is 12.7. The Balaban J connectivity index is 2.36. The zero-order valence-electron chi connectivity index (χ0n) is 10.2.